The van der Waals surface area contributed by atoms with Crippen molar-refractivity contribution in [3.63, 3.8) is 0 Å². The molecule has 3 unspecified atom stereocenters. The second-order valence-electron chi connectivity index (χ2n) is 8.86. The van der Waals surface area contributed by atoms with Crippen molar-refractivity contribution in [2.45, 2.75) is 87.0 Å². The van der Waals surface area contributed by atoms with E-state index in [0.29, 0.717) is 22.3 Å². The number of nitrogens with one attached hydrogen (secondary N) is 2. The van der Waals surface area contributed by atoms with Crippen LogP contribution in [-0.4, -0.2) is 53.4 Å². The van der Waals surface area contributed by atoms with Crippen molar-refractivity contribution >= 4 is 27.5 Å². The van der Waals surface area contributed by atoms with Crippen LogP contribution in [0.15, 0.2) is 22.4 Å². The zero-order chi connectivity index (χ0) is 18.8. The van der Waals surface area contributed by atoms with Gasteiger partial charge in [-0.15, -0.1) is 11.6 Å². The maximum atomic E-state index is 6.59. The van der Waals surface area contributed by atoms with Crippen LogP contribution in [0.3, 0.4) is 0 Å². The van der Waals surface area contributed by atoms with E-state index in [9.17, 15) is 0 Å². The SMILES string of the molecule is CCCC[C@H]1CN(C2C3=C(CCC4=C2NCC(Br)C4)CC(Cl)CC3)CCN1. The summed E-state index contributed by atoms with van der Waals surface area (Å²) in [6.45, 7) is 6.82. The highest BCUT2D eigenvalue weighted by atomic mass is 79.9. The zero-order valence-electron chi connectivity index (χ0n) is 16.7. The van der Waals surface area contributed by atoms with Gasteiger partial charge in [0.25, 0.3) is 0 Å². The van der Waals surface area contributed by atoms with Crippen molar-refractivity contribution in [1.29, 1.82) is 0 Å². The molecule has 2 heterocycles. The molecule has 0 radical (unpaired) electrons. The van der Waals surface area contributed by atoms with Crippen LogP contribution in [0.5, 0.6) is 0 Å². The van der Waals surface area contributed by atoms with Gasteiger partial charge in [-0.1, -0.05) is 41.3 Å². The summed E-state index contributed by atoms with van der Waals surface area (Å²) in [5.41, 5.74) is 6.61. The van der Waals surface area contributed by atoms with E-state index < -0.39 is 0 Å². The second kappa shape index (κ2) is 9.19. The van der Waals surface area contributed by atoms with Crippen molar-refractivity contribution in [1.82, 2.24) is 15.5 Å². The normalized spacial score (nSPS) is 35.4. The Kier molecular flexibility index (Phi) is 6.89. The number of nitrogens with zero attached hydrogens (tertiary/aromatic N) is 1. The first-order valence-electron chi connectivity index (χ1n) is 11.1. The van der Waals surface area contributed by atoms with Crippen LogP contribution in [-0.2, 0) is 0 Å². The molecular formula is C22H35BrClN3. The molecule has 0 bridgehead atoms. The van der Waals surface area contributed by atoms with E-state index in [2.05, 4.69) is 38.4 Å². The molecule has 4 atom stereocenters. The molecule has 5 heteroatoms. The smallest absolute Gasteiger partial charge is 0.0713 e. The molecule has 2 N–H and O–H groups in total. The molecule has 27 heavy (non-hydrogen) atoms. The lowest BCUT2D eigenvalue weighted by Crippen LogP contribution is -2.56. The second-order valence-corrected chi connectivity index (χ2v) is 10.8. The number of unbranched alkanes of at least 4 members (excludes halogenated alkanes) is 1. The highest BCUT2D eigenvalue weighted by Crippen LogP contribution is 2.42. The standard InChI is InChI=1S/C22H35BrClN3/c1-2-3-4-19-14-27(10-9-25-19)22-20-8-7-18(24)12-15(20)5-6-16-11-17(23)13-26-21(16)22/h17-19,22,25-26H,2-14H2,1H3/t17?,18?,19-,22?/m0/s1. The highest BCUT2D eigenvalue weighted by molar-refractivity contribution is 9.09. The highest BCUT2D eigenvalue weighted by Gasteiger charge is 2.38. The predicted octanol–water partition coefficient (Wildman–Crippen LogP) is 4.71. The van der Waals surface area contributed by atoms with Gasteiger partial charge in [0.2, 0.25) is 0 Å². The molecule has 2 aliphatic heterocycles. The lowest BCUT2D eigenvalue weighted by atomic mass is 9.84. The van der Waals surface area contributed by atoms with E-state index in [0.717, 1.165) is 32.5 Å². The van der Waals surface area contributed by atoms with Gasteiger partial charge in [0, 0.05) is 48.1 Å². The molecule has 4 aliphatic rings. The molecule has 4 rings (SSSR count). The summed E-state index contributed by atoms with van der Waals surface area (Å²) in [4.78, 5) is 3.37. The lowest BCUT2D eigenvalue weighted by Gasteiger charge is -2.44. The molecule has 0 saturated carbocycles. The van der Waals surface area contributed by atoms with Crippen LogP contribution in [0.1, 0.15) is 64.7 Å². The van der Waals surface area contributed by atoms with Crippen molar-refractivity contribution < 1.29 is 0 Å². The fourth-order valence-corrected chi connectivity index (χ4v) is 6.36. The summed E-state index contributed by atoms with van der Waals surface area (Å²) in [6, 6.07) is 1.12. The topological polar surface area (TPSA) is 27.3 Å². The minimum atomic E-state index is 0.344. The van der Waals surface area contributed by atoms with Gasteiger partial charge in [-0.2, -0.15) is 0 Å². The Hall–Kier alpha value is -0.0300. The van der Waals surface area contributed by atoms with E-state index >= 15 is 0 Å². The van der Waals surface area contributed by atoms with Gasteiger partial charge in [0.05, 0.1) is 6.04 Å². The number of hydrogen-bond acceptors (Lipinski definition) is 3. The Balaban J connectivity index is 1.63. The minimum Gasteiger partial charge on any atom is -0.386 e. The van der Waals surface area contributed by atoms with Crippen LogP contribution in [0, 0.1) is 0 Å². The third-order valence-electron chi connectivity index (χ3n) is 6.90. The largest absolute Gasteiger partial charge is 0.386 e. The molecule has 1 fully saturated rings. The third kappa shape index (κ3) is 4.60. The van der Waals surface area contributed by atoms with Gasteiger partial charge < -0.3 is 10.6 Å². The molecule has 0 aromatic carbocycles. The van der Waals surface area contributed by atoms with Crippen LogP contribution in [0.25, 0.3) is 0 Å². The Morgan fingerprint density at radius 2 is 2.04 bits per heavy atom. The number of alkyl halides is 2. The van der Waals surface area contributed by atoms with Crippen molar-refractivity contribution in [2.24, 2.45) is 0 Å². The van der Waals surface area contributed by atoms with Crippen molar-refractivity contribution in [3.05, 3.63) is 22.4 Å². The van der Waals surface area contributed by atoms with Crippen LogP contribution >= 0.6 is 27.5 Å². The van der Waals surface area contributed by atoms with Crippen molar-refractivity contribution in [3.8, 4) is 0 Å². The summed E-state index contributed by atoms with van der Waals surface area (Å²) < 4.78 is 0. The maximum Gasteiger partial charge on any atom is 0.0713 e. The van der Waals surface area contributed by atoms with Crippen molar-refractivity contribution in [2.75, 3.05) is 26.2 Å². The summed E-state index contributed by atoms with van der Waals surface area (Å²) in [7, 11) is 0. The minimum absolute atomic E-state index is 0.344. The molecule has 3 nitrogen and oxygen atoms in total. The molecule has 152 valence electrons. The third-order valence-corrected chi connectivity index (χ3v) is 7.92. The van der Waals surface area contributed by atoms with Gasteiger partial charge in [-0.25, -0.2) is 0 Å². The molecule has 1 saturated heterocycles. The number of halogens is 2. The van der Waals surface area contributed by atoms with E-state index in [1.807, 2.05) is 0 Å². The Morgan fingerprint density at radius 3 is 2.89 bits per heavy atom. The zero-order valence-corrected chi connectivity index (χ0v) is 19.0. The first kappa shape index (κ1) is 20.3. The maximum absolute atomic E-state index is 6.59. The Bertz CT molecular complexity index is 564. The van der Waals surface area contributed by atoms with Gasteiger partial charge >= 0.3 is 0 Å². The summed E-state index contributed by atoms with van der Waals surface area (Å²) in [5.74, 6) is 0. The monoisotopic (exact) mass is 455 g/mol. The van der Waals surface area contributed by atoms with E-state index in [-0.39, 0.29) is 0 Å². The number of allylic oxidation sites excluding steroid dienone is 2. The van der Waals surface area contributed by atoms with Crippen LogP contribution < -0.4 is 10.6 Å². The molecule has 0 spiro atoms. The quantitative estimate of drug-likeness (QED) is 0.474. The van der Waals surface area contributed by atoms with E-state index in [1.54, 1.807) is 22.4 Å². The van der Waals surface area contributed by atoms with Gasteiger partial charge in [0.1, 0.15) is 0 Å². The average Bonchev–Trinajstić information content (AvgIpc) is 2.83. The molecule has 0 amide bonds. The summed E-state index contributed by atoms with van der Waals surface area (Å²) >= 11 is 10.4. The van der Waals surface area contributed by atoms with Crippen LogP contribution in [0.4, 0.5) is 0 Å². The molecule has 2 aliphatic carbocycles. The van der Waals surface area contributed by atoms with E-state index in [1.165, 1.54) is 51.5 Å². The van der Waals surface area contributed by atoms with Gasteiger partial charge in [-0.3, -0.25) is 4.90 Å². The summed E-state index contributed by atoms with van der Waals surface area (Å²) in [5, 5.41) is 7.98. The van der Waals surface area contributed by atoms with Gasteiger partial charge in [-0.05, 0) is 56.1 Å². The molecular weight excluding hydrogens is 422 g/mol. The molecule has 0 aromatic rings. The Labute approximate surface area is 178 Å². The predicted molar refractivity (Wildman–Crippen MR) is 119 cm³/mol. The number of rotatable bonds is 4. The first-order valence-corrected chi connectivity index (χ1v) is 12.4. The van der Waals surface area contributed by atoms with E-state index in [4.69, 9.17) is 11.6 Å². The number of hydrogen-bond donors (Lipinski definition) is 2. The fraction of sp³-hybridized carbons (Fsp3) is 0.818. The summed E-state index contributed by atoms with van der Waals surface area (Å²) in [6.07, 6.45) is 11.0. The Morgan fingerprint density at radius 1 is 1.19 bits per heavy atom. The van der Waals surface area contributed by atoms with Crippen LogP contribution in [0.2, 0.25) is 0 Å². The first-order chi connectivity index (χ1) is 13.2. The molecule has 0 aromatic heterocycles. The number of piperazine rings is 1. The van der Waals surface area contributed by atoms with Gasteiger partial charge in [0.15, 0.2) is 0 Å². The lowest BCUT2D eigenvalue weighted by molar-refractivity contribution is 0.163. The average molecular weight is 457 g/mol. The fourth-order valence-electron chi connectivity index (χ4n) is 5.51.